The molecule has 94 valence electrons. The average Bonchev–Trinajstić information content (AvgIpc) is 2.31. The van der Waals surface area contributed by atoms with Crippen LogP contribution in [0, 0.1) is 18.6 Å². The number of hydrogen-bond acceptors (Lipinski definition) is 2. The Bertz CT molecular complexity index is 635. The molecule has 0 fully saturated rings. The highest BCUT2D eigenvalue weighted by molar-refractivity contribution is 6.16. The van der Waals surface area contributed by atoms with Gasteiger partial charge in [0.25, 0.3) is 0 Å². The molecule has 1 aromatic carbocycles. The van der Waals surface area contributed by atoms with E-state index in [1.807, 2.05) is 0 Å². The third-order valence-corrected chi connectivity index (χ3v) is 2.71. The Hall–Kier alpha value is -1.75. The van der Waals surface area contributed by atoms with Gasteiger partial charge in [0.1, 0.15) is 11.4 Å². The van der Waals surface area contributed by atoms with Crippen molar-refractivity contribution < 1.29 is 8.78 Å². The van der Waals surface area contributed by atoms with Gasteiger partial charge in [-0.15, -0.1) is 11.6 Å². The van der Waals surface area contributed by atoms with E-state index >= 15 is 0 Å². The first kappa shape index (κ1) is 12.7. The van der Waals surface area contributed by atoms with Crippen LogP contribution in [0.15, 0.2) is 29.1 Å². The molecule has 0 aliphatic heterocycles. The molecule has 0 aliphatic rings. The first-order chi connectivity index (χ1) is 8.54. The van der Waals surface area contributed by atoms with Crippen LogP contribution in [0.2, 0.25) is 0 Å². The molecule has 6 heteroatoms. The lowest BCUT2D eigenvalue weighted by atomic mass is 10.2. The molecular weight excluding hydrogens is 262 g/mol. The molecule has 0 amide bonds. The van der Waals surface area contributed by atoms with E-state index in [-0.39, 0.29) is 22.7 Å². The summed E-state index contributed by atoms with van der Waals surface area (Å²) in [5.41, 5.74) is -0.292. The molecule has 0 spiro atoms. The maximum absolute atomic E-state index is 13.6. The third-order valence-electron chi connectivity index (χ3n) is 2.46. The van der Waals surface area contributed by atoms with Crippen molar-refractivity contribution in [1.82, 2.24) is 9.78 Å². The number of alkyl halides is 1. The van der Waals surface area contributed by atoms with Crippen molar-refractivity contribution in [3.8, 4) is 5.69 Å². The van der Waals surface area contributed by atoms with Crippen LogP contribution in [0.25, 0.3) is 5.69 Å². The summed E-state index contributed by atoms with van der Waals surface area (Å²) in [5, 5.41) is 3.87. The van der Waals surface area contributed by atoms with E-state index < -0.39 is 11.6 Å². The Kier molecular flexibility index (Phi) is 3.43. The number of aryl methyl sites for hydroxylation is 1. The summed E-state index contributed by atoms with van der Waals surface area (Å²) in [4.78, 5) is 11.5. The molecule has 18 heavy (non-hydrogen) atoms. The number of benzene rings is 1. The number of halogens is 3. The standard InChI is InChI=1S/C12H9ClF2N2O/c1-7-5-11(18)10(6-13)16-17(7)12-8(14)3-2-4-9(12)15/h2-5H,6H2,1H3. The zero-order valence-corrected chi connectivity index (χ0v) is 10.2. The molecular formula is C12H9ClF2N2O. The molecule has 1 heterocycles. The Morgan fingerprint density at radius 3 is 2.50 bits per heavy atom. The van der Waals surface area contributed by atoms with Crippen molar-refractivity contribution in [3.63, 3.8) is 0 Å². The van der Waals surface area contributed by atoms with Crippen LogP contribution in [0.5, 0.6) is 0 Å². The Morgan fingerprint density at radius 2 is 1.94 bits per heavy atom. The van der Waals surface area contributed by atoms with Gasteiger partial charge in [-0.3, -0.25) is 4.79 Å². The summed E-state index contributed by atoms with van der Waals surface area (Å²) in [6.07, 6.45) is 0. The Morgan fingerprint density at radius 1 is 1.33 bits per heavy atom. The van der Waals surface area contributed by atoms with Gasteiger partial charge in [0.2, 0.25) is 5.43 Å². The number of aromatic nitrogens is 2. The summed E-state index contributed by atoms with van der Waals surface area (Å²) in [6, 6.07) is 4.75. The Labute approximate surface area is 107 Å². The largest absolute Gasteiger partial charge is 0.288 e. The summed E-state index contributed by atoms with van der Waals surface area (Å²) in [6.45, 7) is 1.54. The highest BCUT2D eigenvalue weighted by Gasteiger charge is 2.14. The zero-order valence-electron chi connectivity index (χ0n) is 9.45. The van der Waals surface area contributed by atoms with Gasteiger partial charge in [-0.1, -0.05) is 6.07 Å². The van der Waals surface area contributed by atoms with Crippen LogP contribution < -0.4 is 5.43 Å². The molecule has 2 aromatic rings. The van der Waals surface area contributed by atoms with Gasteiger partial charge >= 0.3 is 0 Å². The topological polar surface area (TPSA) is 34.9 Å². The molecule has 0 bridgehead atoms. The second kappa shape index (κ2) is 4.86. The summed E-state index contributed by atoms with van der Waals surface area (Å²) >= 11 is 5.56. The van der Waals surface area contributed by atoms with E-state index in [0.717, 1.165) is 16.8 Å². The molecule has 0 radical (unpaired) electrons. The van der Waals surface area contributed by atoms with Crippen molar-refractivity contribution >= 4 is 11.6 Å². The third kappa shape index (κ3) is 2.13. The maximum atomic E-state index is 13.6. The second-order valence-electron chi connectivity index (χ2n) is 3.71. The monoisotopic (exact) mass is 270 g/mol. The molecule has 0 saturated heterocycles. The number of para-hydroxylation sites is 1. The number of rotatable bonds is 2. The molecule has 1 aromatic heterocycles. The highest BCUT2D eigenvalue weighted by Crippen LogP contribution is 2.17. The minimum absolute atomic E-state index is 0.0462. The van der Waals surface area contributed by atoms with Gasteiger partial charge in [-0.05, 0) is 19.1 Å². The summed E-state index contributed by atoms with van der Waals surface area (Å²) < 4.78 is 28.3. The van der Waals surface area contributed by atoms with E-state index in [0.29, 0.717) is 5.69 Å². The predicted molar refractivity (Wildman–Crippen MR) is 64.0 cm³/mol. The number of hydrogen-bond donors (Lipinski definition) is 0. The molecule has 0 N–H and O–H groups in total. The van der Waals surface area contributed by atoms with Crippen LogP contribution in [-0.4, -0.2) is 9.78 Å². The zero-order chi connectivity index (χ0) is 13.3. The fourth-order valence-electron chi connectivity index (χ4n) is 1.59. The first-order valence-corrected chi connectivity index (χ1v) is 5.68. The van der Waals surface area contributed by atoms with Crippen molar-refractivity contribution in [2.24, 2.45) is 0 Å². The van der Waals surface area contributed by atoms with Crippen LogP contribution in [-0.2, 0) is 5.88 Å². The quantitative estimate of drug-likeness (QED) is 0.786. The van der Waals surface area contributed by atoms with E-state index in [1.165, 1.54) is 19.1 Å². The van der Waals surface area contributed by atoms with Gasteiger partial charge < -0.3 is 0 Å². The van der Waals surface area contributed by atoms with Crippen molar-refractivity contribution in [3.05, 3.63) is 57.5 Å². The average molecular weight is 271 g/mol. The molecule has 0 unspecified atom stereocenters. The van der Waals surface area contributed by atoms with Gasteiger partial charge in [0.15, 0.2) is 11.6 Å². The van der Waals surface area contributed by atoms with Gasteiger partial charge in [0.05, 0.1) is 5.88 Å². The van der Waals surface area contributed by atoms with Crippen molar-refractivity contribution in [1.29, 1.82) is 0 Å². The van der Waals surface area contributed by atoms with Gasteiger partial charge in [-0.2, -0.15) is 5.10 Å². The predicted octanol–water partition coefficient (Wildman–Crippen LogP) is 2.56. The van der Waals surface area contributed by atoms with Gasteiger partial charge in [0, 0.05) is 11.8 Å². The Balaban J connectivity index is 2.75. The van der Waals surface area contributed by atoms with Gasteiger partial charge in [-0.25, -0.2) is 13.5 Å². The van der Waals surface area contributed by atoms with Crippen LogP contribution in [0.1, 0.15) is 11.4 Å². The first-order valence-electron chi connectivity index (χ1n) is 5.15. The van der Waals surface area contributed by atoms with E-state index in [4.69, 9.17) is 11.6 Å². The lowest BCUT2D eigenvalue weighted by molar-refractivity contribution is 0.552. The van der Waals surface area contributed by atoms with E-state index in [1.54, 1.807) is 0 Å². The molecule has 3 nitrogen and oxygen atoms in total. The maximum Gasteiger partial charge on any atom is 0.204 e. The molecule has 0 aliphatic carbocycles. The van der Waals surface area contributed by atoms with Crippen molar-refractivity contribution in [2.45, 2.75) is 12.8 Å². The SMILES string of the molecule is Cc1cc(=O)c(CCl)nn1-c1c(F)cccc1F. The van der Waals surface area contributed by atoms with Crippen LogP contribution in [0.4, 0.5) is 8.78 Å². The van der Waals surface area contributed by atoms with E-state index in [2.05, 4.69) is 5.10 Å². The van der Waals surface area contributed by atoms with Crippen LogP contribution >= 0.6 is 11.6 Å². The number of nitrogens with zero attached hydrogens (tertiary/aromatic N) is 2. The smallest absolute Gasteiger partial charge is 0.204 e. The lowest BCUT2D eigenvalue weighted by Crippen LogP contribution is -2.19. The molecule has 0 atom stereocenters. The fourth-order valence-corrected chi connectivity index (χ4v) is 1.78. The summed E-state index contributed by atoms with van der Waals surface area (Å²) in [5.74, 6) is -1.63. The molecule has 0 saturated carbocycles. The lowest BCUT2D eigenvalue weighted by Gasteiger charge is -2.11. The van der Waals surface area contributed by atoms with Crippen LogP contribution in [0.3, 0.4) is 0 Å². The minimum atomic E-state index is -0.755. The van der Waals surface area contributed by atoms with E-state index in [9.17, 15) is 13.6 Å². The van der Waals surface area contributed by atoms with Crippen molar-refractivity contribution in [2.75, 3.05) is 0 Å². The minimum Gasteiger partial charge on any atom is -0.288 e. The normalized spacial score (nSPS) is 10.7. The second-order valence-corrected chi connectivity index (χ2v) is 3.98. The highest BCUT2D eigenvalue weighted by atomic mass is 35.5. The molecule has 2 rings (SSSR count). The summed E-state index contributed by atoms with van der Waals surface area (Å²) in [7, 11) is 0. The fraction of sp³-hybridized carbons (Fsp3) is 0.167.